The molecule has 0 unspecified atom stereocenters. The molecule has 0 saturated carbocycles. The molecule has 0 aliphatic carbocycles. The van der Waals surface area contributed by atoms with Gasteiger partial charge in [0.25, 0.3) is 0 Å². The van der Waals surface area contributed by atoms with E-state index in [-0.39, 0.29) is 5.82 Å². The molecule has 1 N–H and O–H groups in total. The van der Waals surface area contributed by atoms with Crippen molar-refractivity contribution in [2.75, 3.05) is 7.05 Å². The van der Waals surface area contributed by atoms with Crippen LogP contribution in [0.4, 0.5) is 4.39 Å². The molecule has 116 valence electrons. The van der Waals surface area contributed by atoms with Crippen molar-refractivity contribution in [2.45, 2.75) is 13.1 Å². The zero-order valence-electron chi connectivity index (χ0n) is 11.9. The lowest BCUT2D eigenvalue weighted by molar-refractivity contribution is 0.489. The Morgan fingerprint density at radius 3 is 2.55 bits per heavy atom. The molecule has 0 aliphatic rings. The highest BCUT2D eigenvalue weighted by atomic mass is 35.5. The van der Waals surface area contributed by atoms with Crippen LogP contribution in [0.3, 0.4) is 0 Å². The fourth-order valence-corrected chi connectivity index (χ4v) is 2.43. The Morgan fingerprint density at radius 1 is 1.18 bits per heavy atom. The van der Waals surface area contributed by atoms with Crippen LogP contribution in [0.5, 0.6) is 0 Å². The summed E-state index contributed by atoms with van der Waals surface area (Å²) < 4.78 is 12.8. The number of rotatable bonds is 4. The van der Waals surface area contributed by atoms with Crippen molar-refractivity contribution in [3.63, 3.8) is 0 Å². The molecular weight excluding hydrogens is 342 g/mol. The van der Waals surface area contributed by atoms with Crippen molar-refractivity contribution in [1.82, 2.24) is 10.2 Å². The van der Waals surface area contributed by atoms with Crippen molar-refractivity contribution in [2.24, 2.45) is 0 Å². The molecule has 2 rings (SSSR count). The van der Waals surface area contributed by atoms with E-state index in [0.717, 1.165) is 11.1 Å². The van der Waals surface area contributed by atoms with E-state index < -0.39 is 0 Å². The molecule has 22 heavy (non-hydrogen) atoms. The fourth-order valence-electron chi connectivity index (χ4n) is 1.91. The number of hydrogen-bond donors (Lipinski definition) is 1. The van der Waals surface area contributed by atoms with Gasteiger partial charge < -0.3 is 10.2 Å². The van der Waals surface area contributed by atoms with Crippen LogP contribution >= 0.6 is 35.4 Å². The van der Waals surface area contributed by atoms with Gasteiger partial charge in [0.1, 0.15) is 5.82 Å². The van der Waals surface area contributed by atoms with E-state index in [1.54, 1.807) is 18.2 Å². The normalized spacial score (nSPS) is 10.4. The van der Waals surface area contributed by atoms with Crippen LogP contribution in [-0.4, -0.2) is 17.1 Å². The average Bonchev–Trinajstić information content (AvgIpc) is 2.51. The first-order valence-electron chi connectivity index (χ1n) is 6.63. The molecule has 6 heteroatoms. The highest BCUT2D eigenvalue weighted by Crippen LogP contribution is 2.26. The molecular formula is C16H15Cl2FN2S. The summed E-state index contributed by atoms with van der Waals surface area (Å²) in [6.45, 7) is 1.08. The lowest BCUT2D eigenvalue weighted by Crippen LogP contribution is -2.36. The predicted octanol–water partition coefficient (Wildman–Crippen LogP) is 4.64. The summed E-state index contributed by atoms with van der Waals surface area (Å²) in [5.74, 6) is -0.251. The highest BCUT2D eigenvalue weighted by Gasteiger charge is 2.09. The highest BCUT2D eigenvalue weighted by molar-refractivity contribution is 7.80. The summed E-state index contributed by atoms with van der Waals surface area (Å²) in [7, 11) is 1.87. The summed E-state index contributed by atoms with van der Waals surface area (Å²) in [6.07, 6.45) is 0. The maximum atomic E-state index is 12.8. The molecule has 2 aromatic carbocycles. The van der Waals surface area contributed by atoms with Gasteiger partial charge in [-0.25, -0.2) is 4.39 Å². The number of nitrogens with one attached hydrogen (secondary N) is 1. The van der Waals surface area contributed by atoms with Gasteiger partial charge >= 0.3 is 0 Å². The van der Waals surface area contributed by atoms with Crippen LogP contribution in [0.2, 0.25) is 10.0 Å². The van der Waals surface area contributed by atoms with E-state index in [9.17, 15) is 4.39 Å². The van der Waals surface area contributed by atoms with Gasteiger partial charge in [0.05, 0.1) is 10.0 Å². The Morgan fingerprint density at radius 2 is 1.86 bits per heavy atom. The third kappa shape index (κ3) is 4.57. The maximum absolute atomic E-state index is 12.8. The van der Waals surface area contributed by atoms with Crippen LogP contribution in [0.1, 0.15) is 11.1 Å². The van der Waals surface area contributed by atoms with Crippen LogP contribution in [0, 0.1) is 5.82 Å². The van der Waals surface area contributed by atoms with Gasteiger partial charge in [-0.1, -0.05) is 47.5 Å². The molecule has 0 amide bonds. The minimum Gasteiger partial charge on any atom is -0.358 e. The average molecular weight is 357 g/mol. The number of benzene rings is 2. The van der Waals surface area contributed by atoms with E-state index in [1.165, 1.54) is 12.1 Å². The van der Waals surface area contributed by atoms with Crippen molar-refractivity contribution in [3.05, 3.63) is 69.5 Å². The summed E-state index contributed by atoms with van der Waals surface area (Å²) in [4.78, 5) is 1.87. The quantitative estimate of drug-likeness (QED) is 0.803. The molecule has 0 atom stereocenters. The third-order valence-electron chi connectivity index (χ3n) is 3.14. The van der Waals surface area contributed by atoms with Gasteiger partial charge in [-0.15, -0.1) is 0 Å². The van der Waals surface area contributed by atoms with E-state index in [0.29, 0.717) is 28.2 Å². The molecule has 2 nitrogen and oxygen atoms in total. The Hall–Kier alpha value is -1.36. The zero-order chi connectivity index (χ0) is 16.1. The zero-order valence-corrected chi connectivity index (χ0v) is 14.3. The lowest BCUT2D eigenvalue weighted by Gasteiger charge is -2.22. The molecule has 0 aliphatic heterocycles. The minimum atomic E-state index is -0.251. The van der Waals surface area contributed by atoms with Crippen molar-refractivity contribution >= 4 is 40.5 Å². The second-order valence-electron chi connectivity index (χ2n) is 4.85. The summed E-state index contributed by atoms with van der Waals surface area (Å²) >= 11 is 17.5. The van der Waals surface area contributed by atoms with Gasteiger partial charge in [-0.05, 0) is 41.5 Å². The Balaban J connectivity index is 1.92. The van der Waals surface area contributed by atoms with Gasteiger partial charge in [0, 0.05) is 20.1 Å². The first-order valence-corrected chi connectivity index (χ1v) is 7.80. The van der Waals surface area contributed by atoms with E-state index in [1.807, 2.05) is 24.1 Å². The third-order valence-corrected chi connectivity index (χ3v) is 4.46. The SMILES string of the molecule is CN(Cc1cccc(Cl)c1Cl)C(=S)NCc1ccc(F)cc1. The maximum Gasteiger partial charge on any atom is 0.169 e. The Bertz CT molecular complexity index is 662. The molecule has 0 saturated heterocycles. The molecule has 0 spiro atoms. The van der Waals surface area contributed by atoms with Crippen molar-refractivity contribution in [1.29, 1.82) is 0 Å². The minimum absolute atomic E-state index is 0.251. The molecule has 0 fully saturated rings. The summed E-state index contributed by atoms with van der Waals surface area (Å²) in [5.41, 5.74) is 1.86. The second kappa shape index (κ2) is 7.77. The van der Waals surface area contributed by atoms with E-state index >= 15 is 0 Å². The smallest absolute Gasteiger partial charge is 0.169 e. The number of halogens is 3. The summed E-state index contributed by atoms with van der Waals surface area (Å²) in [5, 5.41) is 4.78. The lowest BCUT2D eigenvalue weighted by atomic mass is 10.2. The van der Waals surface area contributed by atoms with Gasteiger partial charge in [0.15, 0.2) is 5.11 Å². The molecule has 0 radical (unpaired) electrons. The van der Waals surface area contributed by atoms with Gasteiger partial charge in [-0.2, -0.15) is 0 Å². The van der Waals surface area contributed by atoms with Gasteiger partial charge in [-0.3, -0.25) is 0 Å². The molecule has 2 aromatic rings. The number of hydrogen-bond acceptors (Lipinski definition) is 1. The molecule has 0 aromatic heterocycles. The first-order chi connectivity index (χ1) is 10.5. The van der Waals surface area contributed by atoms with E-state index in [4.69, 9.17) is 35.4 Å². The summed E-state index contributed by atoms with van der Waals surface area (Å²) in [6, 6.07) is 11.8. The Kier molecular flexibility index (Phi) is 6.00. The largest absolute Gasteiger partial charge is 0.358 e. The topological polar surface area (TPSA) is 15.3 Å². The van der Waals surface area contributed by atoms with Crippen LogP contribution < -0.4 is 5.32 Å². The number of thiocarbonyl (C=S) groups is 1. The first kappa shape index (κ1) is 17.0. The van der Waals surface area contributed by atoms with Crippen molar-refractivity contribution in [3.8, 4) is 0 Å². The molecule has 0 heterocycles. The second-order valence-corrected chi connectivity index (χ2v) is 6.03. The van der Waals surface area contributed by atoms with Crippen LogP contribution in [0.25, 0.3) is 0 Å². The monoisotopic (exact) mass is 356 g/mol. The van der Waals surface area contributed by atoms with Gasteiger partial charge in [0.2, 0.25) is 0 Å². The van der Waals surface area contributed by atoms with Crippen LogP contribution in [0.15, 0.2) is 42.5 Å². The fraction of sp³-hybridized carbons (Fsp3) is 0.188. The van der Waals surface area contributed by atoms with Crippen LogP contribution in [-0.2, 0) is 13.1 Å². The van der Waals surface area contributed by atoms with E-state index in [2.05, 4.69) is 5.32 Å². The van der Waals surface area contributed by atoms with Crippen molar-refractivity contribution < 1.29 is 4.39 Å². The molecule has 0 bridgehead atoms. The Labute approximate surface area is 144 Å². The standard InChI is InChI=1S/C16H15Cl2FN2S/c1-21(10-12-3-2-4-14(17)15(12)18)16(22)20-9-11-5-7-13(19)8-6-11/h2-8H,9-10H2,1H3,(H,20,22). The predicted molar refractivity (Wildman–Crippen MR) is 93.8 cm³/mol. The number of nitrogens with zero attached hydrogens (tertiary/aromatic N) is 1.